The van der Waals surface area contributed by atoms with Crippen LogP contribution in [0.4, 0.5) is 11.4 Å². The standard InChI is InChI=1S/C21H21N3O3/c1-13(2)17-6-4-5-14(3)20(17)24-21(25)15(10-22)11-23-16-7-8-18-19(9-16)27-12-26-18/h4-9,11,13,23H,12H2,1-3H3,(H,24,25)/b15-11-. The second-order valence-corrected chi connectivity index (χ2v) is 6.53. The molecule has 0 spiro atoms. The van der Waals surface area contributed by atoms with Crippen LogP contribution >= 0.6 is 0 Å². The van der Waals surface area contributed by atoms with E-state index in [0.29, 0.717) is 17.2 Å². The van der Waals surface area contributed by atoms with Gasteiger partial charge in [0.2, 0.25) is 6.79 Å². The Hall–Kier alpha value is -3.46. The van der Waals surface area contributed by atoms with Crippen LogP contribution in [0.3, 0.4) is 0 Å². The summed E-state index contributed by atoms with van der Waals surface area (Å²) in [6, 6.07) is 13.1. The zero-order chi connectivity index (χ0) is 19.4. The molecular formula is C21H21N3O3. The Morgan fingerprint density at radius 3 is 2.74 bits per heavy atom. The van der Waals surface area contributed by atoms with Crippen LogP contribution in [0.5, 0.6) is 11.5 Å². The van der Waals surface area contributed by atoms with Crippen molar-refractivity contribution < 1.29 is 14.3 Å². The minimum Gasteiger partial charge on any atom is -0.454 e. The summed E-state index contributed by atoms with van der Waals surface area (Å²) in [5.74, 6) is 1.09. The number of hydrogen-bond acceptors (Lipinski definition) is 5. The number of carbonyl (C=O) groups excluding carboxylic acids is 1. The molecule has 6 heteroatoms. The van der Waals surface area contributed by atoms with E-state index in [1.165, 1.54) is 6.20 Å². The predicted octanol–water partition coefficient (Wildman–Crippen LogP) is 4.31. The number of nitriles is 1. The Balaban J connectivity index is 1.77. The minimum atomic E-state index is -0.457. The molecule has 2 aromatic carbocycles. The van der Waals surface area contributed by atoms with E-state index in [-0.39, 0.29) is 18.3 Å². The maximum atomic E-state index is 12.6. The van der Waals surface area contributed by atoms with Gasteiger partial charge >= 0.3 is 0 Å². The van der Waals surface area contributed by atoms with Crippen LogP contribution in [-0.4, -0.2) is 12.7 Å². The largest absolute Gasteiger partial charge is 0.454 e. The van der Waals surface area contributed by atoms with Gasteiger partial charge in [-0.3, -0.25) is 4.79 Å². The second-order valence-electron chi connectivity index (χ2n) is 6.53. The van der Waals surface area contributed by atoms with Crippen LogP contribution in [0.25, 0.3) is 0 Å². The third-order valence-corrected chi connectivity index (χ3v) is 4.29. The maximum absolute atomic E-state index is 12.6. The van der Waals surface area contributed by atoms with E-state index in [1.54, 1.807) is 18.2 Å². The summed E-state index contributed by atoms with van der Waals surface area (Å²) in [4.78, 5) is 12.6. The number of ether oxygens (including phenoxy) is 2. The molecule has 1 aliphatic heterocycles. The molecule has 0 saturated carbocycles. The zero-order valence-corrected chi connectivity index (χ0v) is 15.5. The lowest BCUT2D eigenvalue weighted by Gasteiger charge is -2.16. The zero-order valence-electron chi connectivity index (χ0n) is 15.5. The smallest absolute Gasteiger partial charge is 0.267 e. The van der Waals surface area contributed by atoms with Gasteiger partial charge in [0, 0.05) is 23.6 Å². The predicted molar refractivity (Wildman–Crippen MR) is 104 cm³/mol. The van der Waals surface area contributed by atoms with Crippen LogP contribution in [0, 0.1) is 18.3 Å². The number of para-hydroxylation sites is 1. The summed E-state index contributed by atoms with van der Waals surface area (Å²) >= 11 is 0. The Bertz CT molecular complexity index is 942. The number of rotatable bonds is 5. The molecule has 1 aliphatic rings. The van der Waals surface area contributed by atoms with E-state index < -0.39 is 5.91 Å². The van der Waals surface area contributed by atoms with E-state index in [4.69, 9.17) is 9.47 Å². The van der Waals surface area contributed by atoms with Crippen LogP contribution in [0.15, 0.2) is 48.2 Å². The highest BCUT2D eigenvalue weighted by molar-refractivity contribution is 6.07. The first-order valence-corrected chi connectivity index (χ1v) is 8.67. The number of aryl methyl sites for hydroxylation is 1. The van der Waals surface area contributed by atoms with Gasteiger partial charge in [0.15, 0.2) is 11.5 Å². The van der Waals surface area contributed by atoms with Gasteiger partial charge in [0.05, 0.1) is 0 Å². The van der Waals surface area contributed by atoms with Crippen LogP contribution in [0.2, 0.25) is 0 Å². The topological polar surface area (TPSA) is 83.4 Å². The summed E-state index contributed by atoms with van der Waals surface area (Å²) in [7, 11) is 0. The number of fused-ring (bicyclic) bond motifs is 1. The highest BCUT2D eigenvalue weighted by Crippen LogP contribution is 2.34. The van der Waals surface area contributed by atoms with Gasteiger partial charge in [0.1, 0.15) is 11.6 Å². The minimum absolute atomic E-state index is 0.0226. The number of nitrogens with one attached hydrogen (secondary N) is 2. The molecule has 0 fully saturated rings. The highest BCUT2D eigenvalue weighted by Gasteiger charge is 2.16. The molecule has 0 unspecified atom stereocenters. The van der Waals surface area contributed by atoms with Gasteiger partial charge in [-0.25, -0.2) is 0 Å². The van der Waals surface area contributed by atoms with E-state index in [2.05, 4.69) is 24.5 Å². The molecule has 3 rings (SSSR count). The molecule has 1 amide bonds. The summed E-state index contributed by atoms with van der Waals surface area (Å²) in [6.07, 6.45) is 1.39. The van der Waals surface area contributed by atoms with Crippen molar-refractivity contribution in [1.82, 2.24) is 0 Å². The third-order valence-electron chi connectivity index (χ3n) is 4.29. The Morgan fingerprint density at radius 2 is 2.00 bits per heavy atom. The fraction of sp³-hybridized carbons (Fsp3) is 0.238. The third kappa shape index (κ3) is 4.04. The fourth-order valence-corrected chi connectivity index (χ4v) is 2.81. The number of anilines is 2. The van der Waals surface area contributed by atoms with Gasteiger partial charge in [-0.1, -0.05) is 32.0 Å². The molecule has 2 N–H and O–H groups in total. The first kappa shape index (κ1) is 18.3. The quantitative estimate of drug-likeness (QED) is 0.611. The normalized spacial score (nSPS) is 12.6. The summed E-state index contributed by atoms with van der Waals surface area (Å²) < 4.78 is 10.6. The molecule has 0 aromatic heterocycles. The van der Waals surface area contributed by atoms with E-state index in [1.807, 2.05) is 31.2 Å². The lowest BCUT2D eigenvalue weighted by molar-refractivity contribution is -0.112. The van der Waals surface area contributed by atoms with E-state index >= 15 is 0 Å². The van der Waals surface area contributed by atoms with E-state index in [9.17, 15) is 10.1 Å². The Labute approximate surface area is 158 Å². The van der Waals surface area contributed by atoms with Crippen molar-refractivity contribution in [3.8, 4) is 17.6 Å². The van der Waals surface area contributed by atoms with Gasteiger partial charge in [-0.2, -0.15) is 5.26 Å². The monoisotopic (exact) mass is 363 g/mol. The summed E-state index contributed by atoms with van der Waals surface area (Å²) in [6.45, 7) is 6.25. The second kappa shape index (κ2) is 7.83. The van der Waals surface area contributed by atoms with Crippen LogP contribution < -0.4 is 20.1 Å². The van der Waals surface area contributed by atoms with Crippen molar-refractivity contribution >= 4 is 17.3 Å². The van der Waals surface area contributed by atoms with Gasteiger partial charge in [-0.15, -0.1) is 0 Å². The first-order chi connectivity index (χ1) is 13.0. The van der Waals surface area contributed by atoms with Gasteiger partial charge in [-0.05, 0) is 36.1 Å². The van der Waals surface area contributed by atoms with Gasteiger partial charge in [0.25, 0.3) is 5.91 Å². The molecule has 0 aliphatic carbocycles. The molecule has 6 nitrogen and oxygen atoms in total. The molecule has 27 heavy (non-hydrogen) atoms. The van der Waals surface area contributed by atoms with Crippen molar-refractivity contribution in [3.05, 3.63) is 59.3 Å². The molecule has 0 atom stereocenters. The van der Waals surface area contributed by atoms with Crippen molar-refractivity contribution in [3.63, 3.8) is 0 Å². The number of hydrogen-bond donors (Lipinski definition) is 2. The van der Waals surface area contributed by atoms with Crippen molar-refractivity contribution in [2.75, 3.05) is 17.4 Å². The lowest BCUT2D eigenvalue weighted by Crippen LogP contribution is -2.17. The van der Waals surface area contributed by atoms with Crippen molar-refractivity contribution in [2.24, 2.45) is 0 Å². The molecule has 2 aromatic rings. The lowest BCUT2D eigenvalue weighted by atomic mass is 9.98. The average molecular weight is 363 g/mol. The Morgan fingerprint density at radius 1 is 1.22 bits per heavy atom. The molecule has 0 radical (unpaired) electrons. The maximum Gasteiger partial charge on any atom is 0.267 e. The fourth-order valence-electron chi connectivity index (χ4n) is 2.81. The molecule has 138 valence electrons. The van der Waals surface area contributed by atoms with Crippen LogP contribution in [0.1, 0.15) is 30.9 Å². The number of nitrogens with zero attached hydrogens (tertiary/aromatic N) is 1. The molecule has 0 saturated heterocycles. The van der Waals surface area contributed by atoms with Crippen LogP contribution in [-0.2, 0) is 4.79 Å². The number of benzene rings is 2. The molecular weight excluding hydrogens is 342 g/mol. The summed E-state index contributed by atoms with van der Waals surface area (Å²) in [5, 5.41) is 15.2. The van der Waals surface area contributed by atoms with E-state index in [0.717, 1.165) is 16.8 Å². The average Bonchev–Trinajstić information content (AvgIpc) is 3.11. The van der Waals surface area contributed by atoms with Gasteiger partial charge < -0.3 is 20.1 Å². The van der Waals surface area contributed by atoms with Crippen molar-refractivity contribution in [1.29, 1.82) is 5.26 Å². The number of amides is 1. The SMILES string of the molecule is Cc1cccc(C(C)C)c1NC(=O)/C(C#N)=C\Nc1ccc2c(c1)OCO2. The van der Waals surface area contributed by atoms with Crippen molar-refractivity contribution in [2.45, 2.75) is 26.7 Å². The molecule has 0 bridgehead atoms. The number of carbonyl (C=O) groups is 1. The first-order valence-electron chi connectivity index (χ1n) is 8.67. The Kier molecular flexibility index (Phi) is 5.32. The molecule has 1 heterocycles. The summed E-state index contributed by atoms with van der Waals surface area (Å²) in [5.41, 5.74) is 3.41. The highest BCUT2D eigenvalue weighted by atomic mass is 16.7.